The van der Waals surface area contributed by atoms with E-state index in [0.717, 1.165) is 6.20 Å². The highest BCUT2D eigenvalue weighted by molar-refractivity contribution is 6.23. The molecule has 1 aromatic carbocycles. The van der Waals surface area contributed by atoms with Crippen LogP contribution in [0.2, 0.25) is 0 Å². The fourth-order valence-electron chi connectivity index (χ4n) is 3.05. The van der Waals surface area contributed by atoms with E-state index in [1.54, 1.807) is 22.8 Å². The van der Waals surface area contributed by atoms with Gasteiger partial charge in [0.25, 0.3) is 0 Å². The number of carboxylic acids is 1. The van der Waals surface area contributed by atoms with Gasteiger partial charge in [-0.05, 0) is 18.6 Å². The molecule has 0 radical (unpaired) electrons. The first-order valence-corrected chi connectivity index (χ1v) is 8.67. The second-order valence-electron chi connectivity index (χ2n) is 5.88. The van der Waals surface area contributed by atoms with Gasteiger partial charge in [0.2, 0.25) is 11.8 Å². The first kappa shape index (κ1) is 18.0. The van der Waals surface area contributed by atoms with Crippen LogP contribution in [0.4, 0.5) is 21.8 Å². The number of aryl methyl sites for hydroxylation is 1. The SMILES string of the molecule is CCc1nc(C(=O)O)n2c1COc1c(Nc3nc(NCl)ncc3F)cccc1-2. The number of aromatic nitrogens is 4. The number of hydrogen-bond acceptors (Lipinski definition) is 7. The second-order valence-corrected chi connectivity index (χ2v) is 6.06. The first-order valence-electron chi connectivity index (χ1n) is 8.29. The van der Waals surface area contributed by atoms with Gasteiger partial charge in [-0.15, -0.1) is 0 Å². The number of carbonyl (C=O) groups is 1. The molecule has 3 N–H and O–H groups in total. The number of nitrogens with zero attached hydrogens (tertiary/aromatic N) is 4. The molecule has 11 heteroatoms. The Morgan fingerprint density at radius 1 is 1.43 bits per heavy atom. The number of nitrogens with one attached hydrogen (secondary N) is 2. The van der Waals surface area contributed by atoms with E-state index in [0.29, 0.717) is 34.9 Å². The van der Waals surface area contributed by atoms with Gasteiger partial charge >= 0.3 is 5.97 Å². The molecule has 0 unspecified atom stereocenters. The molecule has 9 nitrogen and oxygen atoms in total. The number of aromatic carboxylic acids is 1. The molecule has 2 aromatic heterocycles. The Labute approximate surface area is 163 Å². The molecule has 0 aliphatic carbocycles. The van der Waals surface area contributed by atoms with Crippen LogP contribution in [0.3, 0.4) is 0 Å². The van der Waals surface area contributed by atoms with Gasteiger partial charge in [-0.3, -0.25) is 9.40 Å². The number of para-hydroxylation sites is 1. The van der Waals surface area contributed by atoms with Gasteiger partial charge < -0.3 is 15.2 Å². The third kappa shape index (κ3) is 2.87. The van der Waals surface area contributed by atoms with Crippen molar-refractivity contribution in [1.29, 1.82) is 0 Å². The van der Waals surface area contributed by atoms with Gasteiger partial charge in [-0.25, -0.2) is 19.2 Å². The largest absolute Gasteiger partial charge is 0.483 e. The van der Waals surface area contributed by atoms with Crippen molar-refractivity contribution in [2.24, 2.45) is 0 Å². The number of imidazole rings is 1. The van der Waals surface area contributed by atoms with Crippen molar-refractivity contribution in [3.8, 4) is 11.4 Å². The Morgan fingerprint density at radius 2 is 2.25 bits per heavy atom. The summed E-state index contributed by atoms with van der Waals surface area (Å²) in [5.41, 5.74) is 2.22. The number of fused-ring (bicyclic) bond motifs is 3. The number of benzene rings is 1. The highest BCUT2D eigenvalue weighted by Crippen LogP contribution is 2.39. The summed E-state index contributed by atoms with van der Waals surface area (Å²) in [5.74, 6) is -1.67. The fourth-order valence-corrected chi connectivity index (χ4v) is 3.14. The van der Waals surface area contributed by atoms with Crippen molar-refractivity contribution >= 4 is 35.2 Å². The molecule has 28 heavy (non-hydrogen) atoms. The zero-order chi connectivity index (χ0) is 19.8. The lowest BCUT2D eigenvalue weighted by Crippen LogP contribution is -2.18. The zero-order valence-electron chi connectivity index (χ0n) is 14.5. The van der Waals surface area contributed by atoms with E-state index < -0.39 is 11.8 Å². The minimum Gasteiger partial charge on any atom is -0.483 e. The van der Waals surface area contributed by atoms with Crippen molar-refractivity contribution in [2.75, 3.05) is 10.2 Å². The fraction of sp³-hybridized carbons (Fsp3) is 0.176. The van der Waals surface area contributed by atoms with Crippen LogP contribution in [0.15, 0.2) is 24.4 Å². The number of ether oxygens (including phenoxy) is 1. The molecule has 144 valence electrons. The van der Waals surface area contributed by atoms with Crippen LogP contribution in [0.25, 0.3) is 5.69 Å². The number of carboxylic acid groups (broad SMARTS) is 1. The van der Waals surface area contributed by atoms with Crippen molar-refractivity contribution in [3.63, 3.8) is 0 Å². The van der Waals surface area contributed by atoms with Gasteiger partial charge in [-0.1, -0.05) is 13.0 Å². The third-order valence-corrected chi connectivity index (χ3v) is 4.42. The van der Waals surface area contributed by atoms with Crippen LogP contribution in [-0.2, 0) is 13.0 Å². The maximum Gasteiger partial charge on any atom is 0.372 e. The standard InChI is InChI=1S/C17H14ClFN6O3/c1-2-9-12-7-28-13-10(21-14-8(19)6-20-17(23-14)24-18)4-3-5-11(13)25(12)15(22-9)16(26)27/h3-6H,2,7H2,1H3,(H,26,27)(H2,20,21,23,24). The second kappa shape index (κ2) is 6.97. The summed E-state index contributed by atoms with van der Waals surface area (Å²) in [5, 5.41) is 12.4. The molecule has 0 saturated heterocycles. The smallest absolute Gasteiger partial charge is 0.372 e. The van der Waals surface area contributed by atoms with E-state index in [1.165, 1.54) is 0 Å². The van der Waals surface area contributed by atoms with Crippen molar-refractivity contribution in [1.82, 2.24) is 19.5 Å². The van der Waals surface area contributed by atoms with Crippen molar-refractivity contribution in [2.45, 2.75) is 20.0 Å². The minimum absolute atomic E-state index is 0.0222. The van der Waals surface area contributed by atoms with E-state index in [2.05, 4.69) is 25.1 Å². The first-order chi connectivity index (χ1) is 13.5. The molecule has 0 saturated carbocycles. The summed E-state index contributed by atoms with van der Waals surface area (Å²) in [6.07, 6.45) is 1.54. The summed E-state index contributed by atoms with van der Waals surface area (Å²) in [6.45, 7) is 2.03. The van der Waals surface area contributed by atoms with Crippen LogP contribution in [-0.4, -0.2) is 30.6 Å². The third-order valence-electron chi connectivity index (χ3n) is 4.25. The van der Waals surface area contributed by atoms with E-state index in [4.69, 9.17) is 16.5 Å². The number of rotatable bonds is 5. The summed E-state index contributed by atoms with van der Waals surface area (Å²) in [7, 11) is 0. The summed E-state index contributed by atoms with van der Waals surface area (Å²) < 4.78 is 21.5. The highest BCUT2D eigenvalue weighted by Gasteiger charge is 2.29. The van der Waals surface area contributed by atoms with Crippen LogP contribution < -0.4 is 14.9 Å². The van der Waals surface area contributed by atoms with E-state index >= 15 is 0 Å². The molecule has 0 amide bonds. The molecule has 1 aliphatic rings. The quantitative estimate of drug-likeness (QED) is 0.555. The minimum atomic E-state index is -1.15. The molecule has 0 fully saturated rings. The number of halogens is 2. The Bertz CT molecular complexity index is 1090. The lowest BCUT2D eigenvalue weighted by Gasteiger charge is -2.24. The average Bonchev–Trinajstić information content (AvgIpc) is 3.09. The Morgan fingerprint density at radius 3 is 2.96 bits per heavy atom. The summed E-state index contributed by atoms with van der Waals surface area (Å²) in [6, 6.07) is 5.06. The predicted molar refractivity (Wildman–Crippen MR) is 99.0 cm³/mol. The molecular weight excluding hydrogens is 391 g/mol. The van der Waals surface area contributed by atoms with E-state index in [-0.39, 0.29) is 24.2 Å². The summed E-state index contributed by atoms with van der Waals surface area (Å²) >= 11 is 5.47. The Hall–Kier alpha value is -3.40. The lowest BCUT2D eigenvalue weighted by molar-refractivity contribution is 0.0680. The Kier molecular flexibility index (Phi) is 4.47. The van der Waals surface area contributed by atoms with Crippen LogP contribution in [0.5, 0.6) is 5.75 Å². The van der Waals surface area contributed by atoms with Gasteiger partial charge in [-0.2, -0.15) is 4.98 Å². The maximum atomic E-state index is 14.1. The van der Waals surface area contributed by atoms with E-state index in [1.807, 2.05) is 6.92 Å². The van der Waals surface area contributed by atoms with Gasteiger partial charge in [0.15, 0.2) is 17.4 Å². The van der Waals surface area contributed by atoms with Crippen LogP contribution in [0.1, 0.15) is 28.9 Å². The average molecular weight is 405 g/mol. The molecule has 0 atom stereocenters. The highest BCUT2D eigenvalue weighted by atomic mass is 35.5. The normalized spacial score (nSPS) is 12.0. The van der Waals surface area contributed by atoms with Crippen LogP contribution in [0, 0.1) is 5.82 Å². The monoisotopic (exact) mass is 404 g/mol. The lowest BCUT2D eigenvalue weighted by atomic mass is 10.2. The Balaban J connectivity index is 1.83. The van der Waals surface area contributed by atoms with Crippen molar-refractivity contribution in [3.05, 3.63) is 47.4 Å². The van der Waals surface area contributed by atoms with E-state index in [9.17, 15) is 14.3 Å². The summed E-state index contributed by atoms with van der Waals surface area (Å²) in [4.78, 5) is 25.7. The maximum absolute atomic E-state index is 14.1. The van der Waals surface area contributed by atoms with Crippen molar-refractivity contribution < 1.29 is 19.0 Å². The number of hydrogen-bond donors (Lipinski definition) is 3. The molecule has 3 aromatic rings. The zero-order valence-corrected chi connectivity index (χ0v) is 15.3. The topological polar surface area (TPSA) is 114 Å². The molecule has 0 bridgehead atoms. The van der Waals surface area contributed by atoms with Gasteiger partial charge in [0.1, 0.15) is 6.61 Å². The molecule has 1 aliphatic heterocycles. The van der Waals surface area contributed by atoms with Crippen LogP contribution >= 0.6 is 11.8 Å². The van der Waals surface area contributed by atoms with Gasteiger partial charge in [0, 0.05) is 11.8 Å². The molecule has 4 rings (SSSR count). The molecule has 3 heterocycles. The number of anilines is 3. The molecular formula is C17H14ClFN6O3. The predicted octanol–water partition coefficient (Wildman–Crippen LogP) is 3.26. The van der Waals surface area contributed by atoms with Gasteiger partial charge in [0.05, 0.1) is 29.0 Å². The molecule has 0 spiro atoms.